The van der Waals surface area contributed by atoms with Gasteiger partial charge < -0.3 is 15.2 Å². The van der Waals surface area contributed by atoms with Gasteiger partial charge in [0.15, 0.2) is 0 Å². The van der Waals surface area contributed by atoms with E-state index in [1.165, 1.54) is 0 Å². The minimum atomic E-state index is -0.900. The predicted octanol–water partition coefficient (Wildman–Crippen LogP) is 6.29. The van der Waals surface area contributed by atoms with E-state index in [2.05, 4.69) is 19.7 Å². The second-order valence-electron chi connectivity index (χ2n) is 6.16. The van der Waals surface area contributed by atoms with E-state index in [0.29, 0.717) is 11.5 Å². The summed E-state index contributed by atoms with van der Waals surface area (Å²) in [5, 5.41) is 0. The van der Waals surface area contributed by atoms with Crippen LogP contribution in [0.15, 0.2) is 55.7 Å². The van der Waals surface area contributed by atoms with Crippen LogP contribution < -0.4 is 15.2 Å². The summed E-state index contributed by atoms with van der Waals surface area (Å²) in [6, 6.07) is 3.63. The summed E-state index contributed by atoms with van der Waals surface area (Å²) in [4.78, 5) is 12.2. The number of amides is 1. The molecule has 0 aliphatic carbocycles. The zero-order valence-corrected chi connectivity index (χ0v) is 19.5. The van der Waals surface area contributed by atoms with Crippen molar-refractivity contribution in [3.05, 3.63) is 66.8 Å². The van der Waals surface area contributed by atoms with E-state index in [0.717, 1.165) is 16.7 Å². The Morgan fingerprint density at radius 2 is 1.62 bits per heavy atom. The van der Waals surface area contributed by atoms with E-state index in [1.807, 2.05) is 39.8 Å². The molecule has 29 heavy (non-hydrogen) atoms. The minimum Gasteiger partial charge on any atom is -0.497 e. The van der Waals surface area contributed by atoms with Crippen LogP contribution in [0.3, 0.4) is 0 Å². The second-order valence-corrected chi connectivity index (χ2v) is 6.16. The van der Waals surface area contributed by atoms with E-state index < -0.39 is 17.2 Å². The summed E-state index contributed by atoms with van der Waals surface area (Å²) in [5.74, 6) is 0.404. The van der Waals surface area contributed by atoms with Gasteiger partial charge in [-0.15, -0.1) is 0 Å². The molecule has 0 aromatic heterocycles. The summed E-state index contributed by atoms with van der Waals surface area (Å²) >= 11 is 0. The highest BCUT2D eigenvalue weighted by Crippen LogP contribution is 2.47. The molecule has 1 unspecified atom stereocenters. The Hall–Kier alpha value is -2.75. The van der Waals surface area contributed by atoms with E-state index >= 15 is 0 Å². The van der Waals surface area contributed by atoms with Gasteiger partial charge in [-0.1, -0.05) is 85.6 Å². The van der Waals surface area contributed by atoms with Crippen LogP contribution in [0.25, 0.3) is 6.08 Å². The highest BCUT2D eigenvalue weighted by Gasteiger charge is 2.40. The third kappa shape index (κ3) is 6.97. The molecule has 4 heteroatoms. The van der Waals surface area contributed by atoms with Gasteiger partial charge in [0, 0.05) is 17.5 Å². The van der Waals surface area contributed by atoms with Gasteiger partial charge in [-0.3, -0.25) is 4.79 Å². The molecule has 0 fully saturated rings. The first-order chi connectivity index (χ1) is 13.8. The number of methoxy groups -OCH3 is 2. The van der Waals surface area contributed by atoms with Crippen LogP contribution in [0.2, 0.25) is 0 Å². The molecule has 1 aromatic rings. The fourth-order valence-corrected chi connectivity index (χ4v) is 2.89. The zero-order chi connectivity index (χ0) is 23.2. The number of ether oxygens (including phenoxy) is 2. The molecule has 162 valence electrons. The number of benzene rings is 1. The number of allylic oxidation sites excluding steroid dienone is 4. The first kappa shape index (κ1) is 28.5. The molecular formula is C25H39NO3. The van der Waals surface area contributed by atoms with Gasteiger partial charge in [0.05, 0.1) is 19.6 Å². The number of primary amides is 1. The Morgan fingerprint density at radius 3 is 1.97 bits per heavy atom. The van der Waals surface area contributed by atoms with E-state index in [9.17, 15) is 4.79 Å². The number of hydrogen-bond donors (Lipinski definition) is 1. The fourth-order valence-electron chi connectivity index (χ4n) is 2.89. The van der Waals surface area contributed by atoms with Gasteiger partial charge in [0.2, 0.25) is 5.91 Å². The lowest BCUT2D eigenvalue weighted by atomic mass is 9.68. The number of rotatable bonds is 9. The summed E-state index contributed by atoms with van der Waals surface area (Å²) in [7, 11) is 3.16. The molecule has 1 aromatic carbocycles. The first-order valence-electron chi connectivity index (χ1n) is 9.91. The van der Waals surface area contributed by atoms with Crippen molar-refractivity contribution in [1.29, 1.82) is 0 Å². The van der Waals surface area contributed by atoms with Crippen molar-refractivity contribution in [3.63, 3.8) is 0 Å². The smallest absolute Gasteiger partial charge is 0.224 e. The Balaban J connectivity index is 0. The van der Waals surface area contributed by atoms with E-state index in [-0.39, 0.29) is 0 Å². The molecule has 4 nitrogen and oxygen atoms in total. The molecule has 1 atom stereocenters. The molecule has 0 bridgehead atoms. The van der Waals surface area contributed by atoms with Crippen molar-refractivity contribution >= 4 is 12.0 Å². The zero-order valence-electron chi connectivity index (χ0n) is 19.5. The lowest BCUT2D eigenvalue weighted by Gasteiger charge is -2.35. The molecule has 0 aliphatic rings. The Labute approximate surface area is 177 Å². The fraction of sp³-hybridized carbons (Fsp3) is 0.400. The maximum atomic E-state index is 12.2. The van der Waals surface area contributed by atoms with Crippen molar-refractivity contribution < 1.29 is 14.3 Å². The molecule has 1 amide bonds. The van der Waals surface area contributed by atoms with Gasteiger partial charge in [-0.05, 0) is 17.2 Å². The summed E-state index contributed by atoms with van der Waals surface area (Å²) in [6.07, 6.45) is 6.89. The van der Waals surface area contributed by atoms with Crippen molar-refractivity contribution in [2.75, 3.05) is 14.2 Å². The van der Waals surface area contributed by atoms with Crippen LogP contribution >= 0.6 is 0 Å². The average molecular weight is 402 g/mol. The van der Waals surface area contributed by atoms with Gasteiger partial charge in [0.25, 0.3) is 0 Å². The SMILES string of the molecule is C=C/C=C(\C=C)C(c1c(C=C)cc(OC)cc1OC)C(C)(C)C(N)=O.CC.CC. The summed E-state index contributed by atoms with van der Waals surface area (Å²) in [5.41, 5.74) is 7.23. The Morgan fingerprint density at radius 1 is 1.07 bits per heavy atom. The second kappa shape index (κ2) is 14.3. The number of hydrogen-bond acceptors (Lipinski definition) is 3. The van der Waals surface area contributed by atoms with Crippen LogP contribution in [-0.4, -0.2) is 20.1 Å². The van der Waals surface area contributed by atoms with Crippen molar-refractivity contribution in [2.45, 2.75) is 47.5 Å². The van der Waals surface area contributed by atoms with Crippen LogP contribution in [-0.2, 0) is 4.79 Å². The van der Waals surface area contributed by atoms with Crippen LogP contribution in [0, 0.1) is 5.41 Å². The topological polar surface area (TPSA) is 61.6 Å². The van der Waals surface area contributed by atoms with E-state index in [1.54, 1.807) is 52.4 Å². The Kier molecular flexibility index (Phi) is 14.0. The number of carbonyl (C=O) groups is 1. The standard InChI is InChI=1S/C21H27NO3.2C2H6/c1-8-11-14(9-2)19(21(4,5)20(22)23)18-15(10-3)12-16(24-6)13-17(18)25-7;2*1-2/h8-13,19H,1-3H2,4-7H3,(H2,22,23);2*1-2H3/b14-11+;;. The predicted molar refractivity (Wildman–Crippen MR) is 127 cm³/mol. The third-order valence-corrected chi connectivity index (χ3v) is 4.35. The van der Waals surface area contributed by atoms with Gasteiger partial charge >= 0.3 is 0 Å². The lowest BCUT2D eigenvalue weighted by Crippen LogP contribution is -2.38. The summed E-state index contributed by atoms with van der Waals surface area (Å²) in [6.45, 7) is 23.1. The highest BCUT2D eigenvalue weighted by atomic mass is 16.5. The lowest BCUT2D eigenvalue weighted by molar-refractivity contribution is -0.126. The van der Waals surface area contributed by atoms with E-state index in [4.69, 9.17) is 15.2 Å². The average Bonchev–Trinajstić information content (AvgIpc) is 2.75. The van der Waals surface area contributed by atoms with Crippen LogP contribution in [0.5, 0.6) is 11.5 Å². The first-order valence-corrected chi connectivity index (χ1v) is 9.91. The molecule has 0 saturated heterocycles. The molecule has 0 spiro atoms. The quantitative estimate of drug-likeness (QED) is 0.494. The van der Waals surface area contributed by atoms with Gasteiger partial charge in [-0.2, -0.15) is 0 Å². The number of nitrogens with two attached hydrogens (primary N) is 1. The monoisotopic (exact) mass is 401 g/mol. The molecule has 0 radical (unpaired) electrons. The van der Waals surface area contributed by atoms with Crippen molar-refractivity contribution in [3.8, 4) is 11.5 Å². The van der Waals surface area contributed by atoms with Crippen molar-refractivity contribution in [1.82, 2.24) is 0 Å². The Bertz CT molecular complexity index is 715. The normalized spacial score (nSPS) is 11.5. The van der Waals surface area contributed by atoms with Gasteiger partial charge in [0.1, 0.15) is 11.5 Å². The largest absolute Gasteiger partial charge is 0.497 e. The maximum absolute atomic E-state index is 12.2. The third-order valence-electron chi connectivity index (χ3n) is 4.35. The molecule has 2 N–H and O–H groups in total. The van der Waals surface area contributed by atoms with Crippen molar-refractivity contribution in [2.24, 2.45) is 11.1 Å². The highest BCUT2D eigenvalue weighted by molar-refractivity contribution is 5.83. The molecule has 0 heterocycles. The molecular weight excluding hydrogens is 362 g/mol. The molecule has 0 aliphatic heterocycles. The van der Waals surface area contributed by atoms with Crippen LogP contribution in [0.1, 0.15) is 58.6 Å². The number of carbonyl (C=O) groups excluding carboxylic acids is 1. The summed E-state index contributed by atoms with van der Waals surface area (Å²) < 4.78 is 10.9. The molecule has 0 saturated carbocycles. The molecule has 1 rings (SSSR count). The van der Waals surface area contributed by atoms with Crippen LogP contribution in [0.4, 0.5) is 0 Å². The van der Waals surface area contributed by atoms with Gasteiger partial charge in [-0.25, -0.2) is 0 Å². The maximum Gasteiger partial charge on any atom is 0.224 e. The minimum absolute atomic E-state index is 0.394.